The molecule has 0 saturated carbocycles. The van der Waals surface area contributed by atoms with E-state index in [9.17, 15) is 0 Å². The molecule has 1 heteroatoms. The Labute approximate surface area is 74.8 Å². The van der Waals surface area contributed by atoms with Crippen molar-refractivity contribution in [2.45, 2.75) is 39.7 Å². The minimum atomic E-state index is 0.423. The molecule has 0 aromatic carbocycles. The fourth-order valence-electron chi connectivity index (χ4n) is 2.11. The van der Waals surface area contributed by atoms with Gasteiger partial charge in [-0.25, -0.2) is 0 Å². The van der Waals surface area contributed by atoms with Gasteiger partial charge < -0.3 is 4.74 Å². The predicted molar refractivity (Wildman–Crippen MR) is 50.0 cm³/mol. The van der Waals surface area contributed by atoms with Crippen molar-refractivity contribution in [3.05, 3.63) is 11.6 Å². The maximum Gasteiger partial charge on any atom is 0.0813 e. The number of epoxide rings is 1. The van der Waals surface area contributed by atoms with Crippen LogP contribution in [0.4, 0.5) is 0 Å². The highest BCUT2D eigenvalue weighted by atomic mass is 16.6. The van der Waals surface area contributed by atoms with Gasteiger partial charge >= 0.3 is 0 Å². The Morgan fingerprint density at radius 2 is 2.25 bits per heavy atom. The van der Waals surface area contributed by atoms with Crippen molar-refractivity contribution in [1.29, 1.82) is 0 Å². The molecule has 2 aliphatic rings. The van der Waals surface area contributed by atoms with E-state index in [1.165, 1.54) is 12.8 Å². The summed E-state index contributed by atoms with van der Waals surface area (Å²) in [5.74, 6) is 0.824. The molecule has 2 atom stereocenters. The average molecular weight is 166 g/mol. The third-order valence-electron chi connectivity index (χ3n) is 3.70. The van der Waals surface area contributed by atoms with Crippen molar-refractivity contribution in [3.63, 3.8) is 0 Å². The van der Waals surface area contributed by atoms with Crippen LogP contribution in [-0.2, 0) is 4.74 Å². The average Bonchev–Trinajstić information content (AvgIpc) is 2.75. The van der Waals surface area contributed by atoms with Gasteiger partial charge in [0.15, 0.2) is 0 Å². The van der Waals surface area contributed by atoms with Crippen molar-refractivity contribution >= 4 is 0 Å². The second-order valence-electron chi connectivity index (χ2n) is 4.73. The third-order valence-corrected chi connectivity index (χ3v) is 3.70. The molecule has 1 saturated heterocycles. The third kappa shape index (κ3) is 1.31. The largest absolute Gasteiger partial charge is 0.373 e. The molecular weight excluding hydrogens is 148 g/mol. The van der Waals surface area contributed by atoms with Crippen molar-refractivity contribution in [2.75, 3.05) is 6.61 Å². The first-order valence-corrected chi connectivity index (χ1v) is 4.89. The second kappa shape index (κ2) is 2.59. The monoisotopic (exact) mass is 166 g/mol. The van der Waals surface area contributed by atoms with E-state index >= 15 is 0 Å². The van der Waals surface area contributed by atoms with E-state index in [-0.39, 0.29) is 0 Å². The normalized spacial score (nSPS) is 38.1. The van der Waals surface area contributed by atoms with Gasteiger partial charge in [0.05, 0.1) is 12.7 Å². The van der Waals surface area contributed by atoms with Crippen molar-refractivity contribution in [2.24, 2.45) is 11.3 Å². The van der Waals surface area contributed by atoms with E-state index in [0.717, 1.165) is 12.5 Å². The van der Waals surface area contributed by atoms with E-state index in [4.69, 9.17) is 4.74 Å². The summed E-state index contributed by atoms with van der Waals surface area (Å²) in [7, 11) is 0. The molecule has 0 N–H and O–H groups in total. The summed E-state index contributed by atoms with van der Waals surface area (Å²) in [5.41, 5.74) is 1.99. The molecule has 0 bridgehead atoms. The number of hydrogen-bond acceptors (Lipinski definition) is 1. The minimum Gasteiger partial charge on any atom is -0.373 e. The Morgan fingerprint density at radius 3 is 2.67 bits per heavy atom. The molecule has 68 valence electrons. The molecule has 2 unspecified atom stereocenters. The lowest BCUT2D eigenvalue weighted by molar-refractivity contribution is 0.246. The van der Waals surface area contributed by atoms with Gasteiger partial charge in [0.2, 0.25) is 0 Å². The second-order valence-corrected chi connectivity index (χ2v) is 4.73. The molecule has 12 heavy (non-hydrogen) atoms. The van der Waals surface area contributed by atoms with Crippen molar-refractivity contribution in [1.82, 2.24) is 0 Å². The lowest BCUT2D eigenvalue weighted by Gasteiger charge is -2.29. The topological polar surface area (TPSA) is 12.5 Å². The molecule has 0 aromatic heterocycles. The summed E-state index contributed by atoms with van der Waals surface area (Å²) in [5, 5.41) is 0. The molecule has 1 fully saturated rings. The van der Waals surface area contributed by atoms with E-state index in [2.05, 4.69) is 26.8 Å². The predicted octanol–water partition coefficient (Wildman–Crippen LogP) is 2.77. The number of rotatable bonds is 2. The van der Waals surface area contributed by atoms with Crippen LogP contribution in [0.2, 0.25) is 0 Å². The van der Waals surface area contributed by atoms with Crippen LogP contribution in [0.25, 0.3) is 0 Å². The van der Waals surface area contributed by atoms with E-state index in [1.807, 2.05) is 0 Å². The SMILES string of the molecule is CC1=CCC(CC2CO2)C1(C)C. The Morgan fingerprint density at radius 1 is 1.58 bits per heavy atom. The lowest BCUT2D eigenvalue weighted by atomic mass is 9.76. The molecule has 0 amide bonds. The van der Waals surface area contributed by atoms with Crippen molar-refractivity contribution in [3.8, 4) is 0 Å². The van der Waals surface area contributed by atoms with Crippen LogP contribution >= 0.6 is 0 Å². The highest BCUT2D eigenvalue weighted by molar-refractivity contribution is 5.18. The minimum absolute atomic E-state index is 0.423. The summed E-state index contributed by atoms with van der Waals surface area (Å²) in [6, 6.07) is 0. The van der Waals surface area contributed by atoms with Crippen LogP contribution in [0.15, 0.2) is 11.6 Å². The highest BCUT2D eigenvalue weighted by Crippen LogP contribution is 2.46. The number of hydrogen-bond donors (Lipinski definition) is 0. The molecule has 1 aliphatic carbocycles. The Kier molecular flexibility index (Phi) is 1.80. The maximum absolute atomic E-state index is 5.28. The van der Waals surface area contributed by atoms with Gasteiger partial charge in [-0.2, -0.15) is 0 Å². The van der Waals surface area contributed by atoms with Gasteiger partial charge in [0.1, 0.15) is 0 Å². The molecule has 1 heterocycles. The fourth-order valence-corrected chi connectivity index (χ4v) is 2.11. The molecule has 0 radical (unpaired) electrons. The van der Waals surface area contributed by atoms with Gasteiger partial charge in [-0.15, -0.1) is 0 Å². The van der Waals surface area contributed by atoms with E-state index < -0.39 is 0 Å². The van der Waals surface area contributed by atoms with Gasteiger partial charge in [0.25, 0.3) is 0 Å². The van der Waals surface area contributed by atoms with Crippen LogP contribution in [-0.4, -0.2) is 12.7 Å². The van der Waals surface area contributed by atoms with Crippen LogP contribution in [0.3, 0.4) is 0 Å². The highest BCUT2D eigenvalue weighted by Gasteiger charge is 2.38. The van der Waals surface area contributed by atoms with Crippen LogP contribution < -0.4 is 0 Å². The van der Waals surface area contributed by atoms with Gasteiger partial charge in [-0.1, -0.05) is 25.5 Å². The maximum atomic E-state index is 5.28. The molecule has 1 aliphatic heterocycles. The number of allylic oxidation sites excluding steroid dienone is 2. The zero-order chi connectivity index (χ0) is 8.77. The zero-order valence-electron chi connectivity index (χ0n) is 8.26. The zero-order valence-corrected chi connectivity index (χ0v) is 8.26. The fraction of sp³-hybridized carbons (Fsp3) is 0.818. The molecule has 0 spiro atoms. The van der Waals surface area contributed by atoms with Crippen molar-refractivity contribution < 1.29 is 4.74 Å². The first-order chi connectivity index (χ1) is 5.60. The Hall–Kier alpha value is -0.300. The van der Waals surface area contributed by atoms with E-state index in [1.54, 1.807) is 5.57 Å². The summed E-state index contributed by atoms with van der Waals surface area (Å²) < 4.78 is 5.28. The standard InChI is InChI=1S/C11H18O/c1-8-4-5-9(11(8,2)3)6-10-7-12-10/h4,9-10H,5-7H2,1-3H3. The van der Waals surface area contributed by atoms with Crippen LogP contribution in [0, 0.1) is 11.3 Å². The smallest absolute Gasteiger partial charge is 0.0813 e. The Balaban J connectivity index is 1.99. The molecule has 2 rings (SSSR count). The van der Waals surface area contributed by atoms with Crippen LogP contribution in [0.1, 0.15) is 33.6 Å². The summed E-state index contributed by atoms with van der Waals surface area (Å²) in [6.07, 6.45) is 5.51. The van der Waals surface area contributed by atoms with Gasteiger partial charge in [-0.3, -0.25) is 0 Å². The van der Waals surface area contributed by atoms with Crippen LogP contribution in [0.5, 0.6) is 0 Å². The summed E-state index contributed by atoms with van der Waals surface area (Å²) in [4.78, 5) is 0. The Bertz CT molecular complexity index is 211. The molecule has 1 nitrogen and oxygen atoms in total. The van der Waals surface area contributed by atoms with E-state index in [0.29, 0.717) is 11.5 Å². The van der Waals surface area contributed by atoms with Gasteiger partial charge in [0, 0.05) is 0 Å². The lowest BCUT2D eigenvalue weighted by Crippen LogP contribution is -2.21. The summed E-state index contributed by atoms with van der Waals surface area (Å²) in [6.45, 7) is 7.98. The molecule has 0 aromatic rings. The number of ether oxygens (including phenoxy) is 1. The first kappa shape index (κ1) is 8.31. The molecular formula is C11H18O. The summed E-state index contributed by atoms with van der Waals surface area (Å²) >= 11 is 0. The quantitative estimate of drug-likeness (QED) is 0.454. The van der Waals surface area contributed by atoms with Gasteiger partial charge in [-0.05, 0) is 31.1 Å². The first-order valence-electron chi connectivity index (χ1n) is 4.89.